The molecule has 28 heavy (non-hydrogen) atoms. The molecule has 1 saturated heterocycles. The monoisotopic (exact) mass is 380 g/mol. The highest BCUT2D eigenvalue weighted by atomic mass is 16.5. The van der Waals surface area contributed by atoms with Crippen LogP contribution in [0.2, 0.25) is 0 Å². The van der Waals surface area contributed by atoms with Gasteiger partial charge in [0, 0.05) is 55.4 Å². The molecule has 0 aliphatic carbocycles. The molecular weight excluding hydrogens is 352 g/mol. The van der Waals surface area contributed by atoms with Crippen molar-refractivity contribution in [1.82, 2.24) is 4.90 Å². The van der Waals surface area contributed by atoms with Gasteiger partial charge in [-0.2, -0.15) is 0 Å². The quantitative estimate of drug-likeness (QED) is 0.704. The number of fused-ring (bicyclic) bond motifs is 1. The molecule has 4 rings (SSSR count). The molecule has 2 heterocycles. The standard InChI is InChI=1S/C23H28N2O3/c1-3-19-20-9-4-5-10-22(20)28-23(19)21(26)16-24-11-13-25(14-12-24)17-7-6-8-18(15-17)27-2/h4-10,15,21,26H,3,11-14,16H2,1-2H3. The topological polar surface area (TPSA) is 49.1 Å². The molecule has 1 fully saturated rings. The summed E-state index contributed by atoms with van der Waals surface area (Å²) >= 11 is 0. The molecule has 5 heteroatoms. The van der Waals surface area contributed by atoms with E-state index in [9.17, 15) is 5.11 Å². The summed E-state index contributed by atoms with van der Waals surface area (Å²) in [6.45, 7) is 6.40. The Bertz CT molecular complexity index is 928. The third kappa shape index (κ3) is 3.73. The van der Waals surface area contributed by atoms with Crippen molar-refractivity contribution >= 4 is 16.7 Å². The molecule has 2 aromatic carbocycles. The molecule has 0 saturated carbocycles. The Balaban J connectivity index is 1.41. The predicted octanol–water partition coefficient (Wildman–Crippen LogP) is 3.86. The largest absolute Gasteiger partial charge is 0.497 e. The fourth-order valence-electron chi connectivity index (χ4n) is 4.07. The van der Waals surface area contributed by atoms with Gasteiger partial charge in [-0.15, -0.1) is 0 Å². The van der Waals surface area contributed by atoms with Gasteiger partial charge >= 0.3 is 0 Å². The second-order valence-corrected chi connectivity index (χ2v) is 7.30. The van der Waals surface area contributed by atoms with Crippen LogP contribution < -0.4 is 9.64 Å². The number of nitrogens with zero attached hydrogens (tertiary/aromatic N) is 2. The zero-order valence-electron chi connectivity index (χ0n) is 16.6. The van der Waals surface area contributed by atoms with Crippen LogP contribution in [0.1, 0.15) is 24.4 Å². The molecule has 0 amide bonds. The van der Waals surface area contributed by atoms with Crippen molar-refractivity contribution in [2.75, 3.05) is 44.7 Å². The lowest BCUT2D eigenvalue weighted by Crippen LogP contribution is -2.47. The van der Waals surface area contributed by atoms with Crippen LogP contribution in [-0.2, 0) is 6.42 Å². The lowest BCUT2D eigenvalue weighted by molar-refractivity contribution is 0.0921. The maximum atomic E-state index is 10.9. The van der Waals surface area contributed by atoms with E-state index < -0.39 is 6.10 Å². The van der Waals surface area contributed by atoms with Crippen LogP contribution >= 0.6 is 0 Å². The number of aliphatic hydroxyl groups is 1. The molecular formula is C23H28N2O3. The summed E-state index contributed by atoms with van der Waals surface area (Å²) in [5, 5.41) is 12.0. The number of β-amino-alcohol motifs (C(OH)–C–C–N with tert-alkyl or cyclic N) is 1. The number of hydrogen-bond acceptors (Lipinski definition) is 5. The van der Waals surface area contributed by atoms with E-state index in [0.717, 1.165) is 60.6 Å². The van der Waals surface area contributed by atoms with E-state index in [1.54, 1.807) is 7.11 Å². The van der Waals surface area contributed by atoms with Crippen molar-refractivity contribution < 1.29 is 14.3 Å². The summed E-state index contributed by atoms with van der Waals surface area (Å²) in [6.07, 6.45) is 0.248. The maximum absolute atomic E-state index is 10.9. The zero-order chi connectivity index (χ0) is 19.5. The summed E-state index contributed by atoms with van der Waals surface area (Å²) < 4.78 is 11.3. The lowest BCUT2D eigenvalue weighted by Gasteiger charge is -2.36. The average molecular weight is 380 g/mol. The van der Waals surface area contributed by atoms with E-state index in [0.29, 0.717) is 6.54 Å². The molecule has 0 spiro atoms. The summed E-state index contributed by atoms with van der Waals surface area (Å²) in [5.41, 5.74) is 3.17. The second-order valence-electron chi connectivity index (χ2n) is 7.30. The Morgan fingerprint density at radius 2 is 1.86 bits per heavy atom. The molecule has 148 valence electrons. The van der Waals surface area contributed by atoms with Gasteiger partial charge < -0.3 is 19.2 Å². The van der Waals surface area contributed by atoms with Gasteiger partial charge in [-0.3, -0.25) is 4.90 Å². The van der Waals surface area contributed by atoms with Crippen LogP contribution in [0.25, 0.3) is 11.0 Å². The Labute approximate surface area is 166 Å². The first-order valence-corrected chi connectivity index (χ1v) is 9.99. The first-order valence-electron chi connectivity index (χ1n) is 9.99. The highest BCUT2D eigenvalue weighted by Crippen LogP contribution is 2.31. The summed E-state index contributed by atoms with van der Waals surface area (Å²) in [6, 6.07) is 16.2. The van der Waals surface area contributed by atoms with E-state index in [1.807, 2.05) is 30.3 Å². The number of para-hydroxylation sites is 1. The Morgan fingerprint density at radius 1 is 1.07 bits per heavy atom. The van der Waals surface area contributed by atoms with Crippen LogP contribution in [-0.4, -0.2) is 49.8 Å². The number of piperazine rings is 1. The van der Waals surface area contributed by atoms with E-state index in [1.165, 1.54) is 5.69 Å². The number of methoxy groups -OCH3 is 1. The van der Waals surface area contributed by atoms with Gasteiger partial charge in [0.2, 0.25) is 0 Å². The lowest BCUT2D eigenvalue weighted by atomic mass is 10.1. The number of ether oxygens (including phenoxy) is 1. The molecule has 1 unspecified atom stereocenters. The fourth-order valence-corrected chi connectivity index (χ4v) is 4.07. The van der Waals surface area contributed by atoms with Crippen molar-refractivity contribution in [3.05, 3.63) is 59.9 Å². The Hall–Kier alpha value is -2.50. The number of furan rings is 1. The first kappa shape index (κ1) is 18.8. The molecule has 1 atom stereocenters. The molecule has 1 aromatic heterocycles. The van der Waals surface area contributed by atoms with Gasteiger partial charge in [-0.05, 0) is 24.6 Å². The van der Waals surface area contributed by atoms with Gasteiger partial charge in [0.1, 0.15) is 23.2 Å². The molecule has 1 aliphatic rings. The van der Waals surface area contributed by atoms with Crippen molar-refractivity contribution in [3.8, 4) is 5.75 Å². The van der Waals surface area contributed by atoms with Crippen molar-refractivity contribution in [3.63, 3.8) is 0 Å². The van der Waals surface area contributed by atoms with E-state index in [-0.39, 0.29) is 0 Å². The van der Waals surface area contributed by atoms with Crippen molar-refractivity contribution in [2.24, 2.45) is 0 Å². The van der Waals surface area contributed by atoms with Gasteiger partial charge in [-0.1, -0.05) is 31.2 Å². The molecule has 0 radical (unpaired) electrons. The van der Waals surface area contributed by atoms with Crippen LogP contribution in [0.5, 0.6) is 5.75 Å². The number of anilines is 1. The second kappa shape index (κ2) is 8.25. The van der Waals surface area contributed by atoms with Gasteiger partial charge in [0.15, 0.2) is 0 Å². The van der Waals surface area contributed by atoms with Crippen LogP contribution in [0.4, 0.5) is 5.69 Å². The number of hydrogen-bond donors (Lipinski definition) is 1. The third-order valence-electron chi connectivity index (χ3n) is 5.61. The van der Waals surface area contributed by atoms with E-state index >= 15 is 0 Å². The average Bonchev–Trinajstić information content (AvgIpc) is 3.13. The van der Waals surface area contributed by atoms with Crippen molar-refractivity contribution in [1.29, 1.82) is 0 Å². The maximum Gasteiger partial charge on any atom is 0.138 e. The molecule has 3 aromatic rings. The zero-order valence-corrected chi connectivity index (χ0v) is 16.6. The fraction of sp³-hybridized carbons (Fsp3) is 0.391. The first-order chi connectivity index (χ1) is 13.7. The number of benzene rings is 2. The highest BCUT2D eigenvalue weighted by molar-refractivity contribution is 5.82. The number of aliphatic hydroxyl groups excluding tert-OH is 1. The minimum absolute atomic E-state index is 0.596. The minimum Gasteiger partial charge on any atom is -0.497 e. The summed E-state index contributed by atoms with van der Waals surface area (Å²) in [4.78, 5) is 4.68. The summed E-state index contributed by atoms with van der Waals surface area (Å²) in [5.74, 6) is 1.60. The Kier molecular flexibility index (Phi) is 5.55. The molecule has 1 N–H and O–H groups in total. The minimum atomic E-state index is -0.606. The molecule has 5 nitrogen and oxygen atoms in total. The smallest absolute Gasteiger partial charge is 0.138 e. The molecule has 0 bridgehead atoms. The van der Waals surface area contributed by atoms with E-state index in [4.69, 9.17) is 9.15 Å². The highest BCUT2D eigenvalue weighted by Gasteiger charge is 2.24. The molecule has 1 aliphatic heterocycles. The third-order valence-corrected chi connectivity index (χ3v) is 5.61. The number of rotatable bonds is 6. The summed E-state index contributed by atoms with van der Waals surface area (Å²) in [7, 11) is 1.70. The van der Waals surface area contributed by atoms with Crippen LogP contribution in [0.15, 0.2) is 52.9 Å². The Morgan fingerprint density at radius 3 is 2.61 bits per heavy atom. The van der Waals surface area contributed by atoms with Crippen LogP contribution in [0.3, 0.4) is 0 Å². The van der Waals surface area contributed by atoms with Crippen LogP contribution in [0, 0.1) is 0 Å². The SMILES string of the molecule is CCc1c(C(O)CN2CCN(c3cccc(OC)c3)CC2)oc2ccccc12. The van der Waals surface area contributed by atoms with Crippen molar-refractivity contribution in [2.45, 2.75) is 19.4 Å². The normalized spacial score (nSPS) is 16.5. The van der Waals surface area contributed by atoms with Gasteiger partial charge in [0.25, 0.3) is 0 Å². The number of aryl methyl sites for hydroxylation is 1. The van der Waals surface area contributed by atoms with Gasteiger partial charge in [-0.25, -0.2) is 0 Å². The van der Waals surface area contributed by atoms with E-state index in [2.05, 4.69) is 34.9 Å². The predicted molar refractivity (Wildman–Crippen MR) is 112 cm³/mol. The van der Waals surface area contributed by atoms with Gasteiger partial charge in [0.05, 0.1) is 7.11 Å².